The molecule has 11 heteroatoms. The summed E-state index contributed by atoms with van der Waals surface area (Å²) in [5.74, 6) is 1.04. The number of thiophene rings is 1. The number of ether oxygens (including phenoxy) is 1. The van der Waals surface area contributed by atoms with Gasteiger partial charge in [-0.3, -0.25) is 14.2 Å². The Balaban J connectivity index is 1.53. The van der Waals surface area contributed by atoms with Crippen molar-refractivity contribution in [2.75, 3.05) is 18.2 Å². The summed E-state index contributed by atoms with van der Waals surface area (Å²) < 4.78 is 7.31. The van der Waals surface area contributed by atoms with Crippen LogP contribution in [0.25, 0.3) is 11.4 Å². The molecule has 35 heavy (non-hydrogen) atoms. The van der Waals surface area contributed by atoms with Gasteiger partial charge in [0, 0.05) is 16.4 Å². The lowest BCUT2D eigenvalue weighted by molar-refractivity contribution is -0.113. The molecule has 0 bridgehead atoms. The molecule has 2 heterocycles. The van der Waals surface area contributed by atoms with Crippen LogP contribution in [0.4, 0.5) is 5.00 Å². The van der Waals surface area contributed by atoms with Gasteiger partial charge in [0.05, 0.1) is 24.0 Å². The van der Waals surface area contributed by atoms with Crippen LogP contribution < -0.4 is 15.8 Å². The molecule has 0 saturated heterocycles. The number of carbonyl (C=O) groups excluding carboxylic acids is 2. The van der Waals surface area contributed by atoms with E-state index in [1.807, 2.05) is 4.57 Å². The topological polar surface area (TPSA) is 112 Å². The second kappa shape index (κ2) is 10.8. The lowest BCUT2D eigenvalue weighted by atomic mass is 9.88. The first-order valence-electron chi connectivity index (χ1n) is 11.1. The zero-order valence-electron chi connectivity index (χ0n) is 19.5. The number of benzene rings is 1. The van der Waals surface area contributed by atoms with E-state index in [0.29, 0.717) is 50.3 Å². The maximum atomic E-state index is 12.8. The van der Waals surface area contributed by atoms with Gasteiger partial charge in [0.15, 0.2) is 11.0 Å². The highest BCUT2D eigenvalue weighted by atomic mass is 35.5. The summed E-state index contributed by atoms with van der Waals surface area (Å²) >= 11 is 8.89. The van der Waals surface area contributed by atoms with Gasteiger partial charge in [-0.25, -0.2) is 0 Å². The lowest BCUT2D eigenvalue weighted by Crippen LogP contribution is -2.20. The number of methoxy groups -OCH3 is 1. The number of primary amides is 1. The Morgan fingerprint density at radius 2 is 2.23 bits per heavy atom. The van der Waals surface area contributed by atoms with Crippen molar-refractivity contribution in [1.82, 2.24) is 14.8 Å². The predicted octanol–water partition coefficient (Wildman–Crippen LogP) is 4.81. The lowest BCUT2D eigenvalue weighted by Gasteiger charge is -2.18. The molecule has 1 atom stereocenters. The van der Waals surface area contributed by atoms with E-state index in [4.69, 9.17) is 22.1 Å². The third-order valence-electron chi connectivity index (χ3n) is 5.77. The maximum absolute atomic E-state index is 12.8. The molecule has 8 nitrogen and oxygen atoms in total. The third kappa shape index (κ3) is 5.39. The molecule has 3 N–H and O–H groups in total. The van der Waals surface area contributed by atoms with Crippen molar-refractivity contribution in [3.8, 4) is 17.1 Å². The largest absolute Gasteiger partial charge is 0.496 e. The Morgan fingerprint density at radius 1 is 1.43 bits per heavy atom. The van der Waals surface area contributed by atoms with Crippen molar-refractivity contribution < 1.29 is 14.3 Å². The molecule has 3 aromatic rings. The fourth-order valence-electron chi connectivity index (χ4n) is 4.14. The normalized spacial score (nSPS) is 14.9. The molecule has 1 unspecified atom stereocenters. The average Bonchev–Trinajstić information content (AvgIpc) is 3.38. The number of carbonyl (C=O) groups is 2. The molecule has 2 aromatic heterocycles. The number of nitrogens with one attached hydrogen (secondary N) is 1. The average molecular weight is 532 g/mol. The predicted molar refractivity (Wildman–Crippen MR) is 141 cm³/mol. The van der Waals surface area contributed by atoms with Crippen LogP contribution in [0.3, 0.4) is 0 Å². The summed E-state index contributed by atoms with van der Waals surface area (Å²) in [6.45, 7) is 6.44. The standard InChI is InChI=1S/C24H26ClN5O3S2/c1-4-9-30-22(16-11-14(25)6-8-17(16)33-3)28-29-24(30)34-12-19(31)27-23-20(21(26)32)15-7-5-13(2)10-18(15)35-23/h4,6,8,11,13H,1,5,7,9-10,12H2,2-3H3,(H2,26,32)(H,27,31). The molecule has 0 spiro atoms. The number of halogens is 1. The molecule has 1 aliphatic carbocycles. The summed E-state index contributed by atoms with van der Waals surface area (Å²) in [6.07, 6.45) is 4.43. The van der Waals surface area contributed by atoms with Gasteiger partial charge in [0.25, 0.3) is 5.91 Å². The number of nitrogens with two attached hydrogens (primary N) is 1. The number of amides is 2. The van der Waals surface area contributed by atoms with Crippen molar-refractivity contribution in [3.05, 3.63) is 51.9 Å². The van der Waals surface area contributed by atoms with Crippen LogP contribution in [0.5, 0.6) is 5.75 Å². The van der Waals surface area contributed by atoms with Crippen LogP contribution in [0.1, 0.15) is 34.1 Å². The zero-order chi connectivity index (χ0) is 25.1. The minimum absolute atomic E-state index is 0.0825. The van der Waals surface area contributed by atoms with E-state index in [0.717, 1.165) is 29.7 Å². The van der Waals surface area contributed by atoms with Gasteiger partial charge >= 0.3 is 0 Å². The van der Waals surface area contributed by atoms with E-state index in [-0.39, 0.29) is 11.7 Å². The summed E-state index contributed by atoms with van der Waals surface area (Å²) in [4.78, 5) is 26.1. The second-order valence-corrected chi connectivity index (χ2v) is 10.8. The van der Waals surface area contributed by atoms with E-state index in [1.165, 1.54) is 23.1 Å². The Hall–Kier alpha value is -2.82. The van der Waals surface area contributed by atoms with Gasteiger partial charge in [0.2, 0.25) is 5.91 Å². The number of rotatable bonds is 9. The van der Waals surface area contributed by atoms with E-state index in [1.54, 1.807) is 31.4 Å². The number of fused-ring (bicyclic) bond motifs is 1. The van der Waals surface area contributed by atoms with Gasteiger partial charge in [0.1, 0.15) is 10.8 Å². The number of hydrogen-bond donors (Lipinski definition) is 2. The first-order chi connectivity index (χ1) is 16.8. The van der Waals surface area contributed by atoms with Crippen LogP contribution in [0.15, 0.2) is 36.0 Å². The van der Waals surface area contributed by atoms with Crippen LogP contribution in [-0.4, -0.2) is 39.4 Å². The van der Waals surface area contributed by atoms with Crippen molar-refractivity contribution in [1.29, 1.82) is 0 Å². The molecule has 0 fully saturated rings. The smallest absolute Gasteiger partial charge is 0.251 e. The molecule has 0 radical (unpaired) electrons. The second-order valence-electron chi connectivity index (χ2n) is 8.31. The van der Waals surface area contributed by atoms with Crippen molar-refractivity contribution in [2.24, 2.45) is 11.7 Å². The summed E-state index contributed by atoms with van der Waals surface area (Å²) in [6, 6.07) is 5.26. The van der Waals surface area contributed by atoms with Gasteiger partial charge in [-0.15, -0.1) is 28.1 Å². The molecule has 4 rings (SSSR count). The first-order valence-corrected chi connectivity index (χ1v) is 13.2. The van der Waals surface area contributed by atoms with E-state index in [9.17, 15) is 9.59 Å². The zero-order valence-corrected chi connectivity index (χ0v) is 21.9. The molecule has 0 saturated carbocycles. The van der Waals surface area contributed by atoms with Crippen LogP contribution in [0, 0.1) is 5.92 Å². The van der Waals surface area contributed by atoms with Crippen LogP contribution >= 0.6 is 34.7 Å². The molecule has 184 valence electrons. The Labute approximate surface area is 216 Å². The highest BCUT2D eigenvalue weighted by Crippen LogP contribution is 2.39. The highest BCUT2D eigenvalue weighted by molar-refractivity contribution is 7.99. The maximum Gasteiger partial charge on any atom is 0.251 e. The third-order valence-corrected chi connectivity index (χ3v) is 8.15. The molecule has 1 aromatic carbocycles. The molecule has 2 amide bonds. The molecule has 0 aliphatic heterocycles. The fourth-order valence-corrected chi connectivity index (χ4v) is 6.49. The Bertz CT molecular complexity index is 1290. The quantitative estimate of drug-likeness (QED) is 0.303. The molecule has 1 aliphatic rings. The van der Waals surface area contributed by atoms with Gasteiger partial charge in [-0.1, -0.05) is 36.4 Å². The van der Waals surface area contributed by atoms with E-state index < -0.39 is 5.91 Å². The van der Waals surface area contributed by atoms with Crippen molar-refractivity contribution in [2.45, 2.75) is 37.9 Å². The van der Waals surface area contributed by atoms with Crippen molar-refractivity contribution >= 4 is 51.5 Å². The Kier molecular flexibility index (Phi) is 7.83. The van der Waals surface area contributed by atoms with Gasteiger partial charge in [-0.2, -0.15) is 0 Å². The van der Waals surface area contributed by atoms with E-state index >= 15 is 0 Å². The summed E-state index contributed by atoms with van der Waals surface area (Å²) in [5.41, 5.74) is 7.78. The highest BCUT2D eigenvalue weighted by Gasteiger charge is 2.27. The molecular formula is C24H26ClN5O3S2. The minimum atomic E-state index is -0.508. The number of aromatic nitrogens is 3. The summed E-state index contributed by atoms with van der Waals surface area (Å²) in [5, 5.41) is 13.1. The minimum Gasteiger partial charge on any atom is -0.496 e. The molecular weight excluding hydrogens is 506 g/mol. The number of allylic oxidation sites excluding steroid dienone is 1. The SMILES string of the molecule is C=CCn1c(SCC(=O)Nc2sc3c(c2C(N)=O)CCC(C)C3)nnc1-c1cc(Cl)ccc1OC. The van der Waals surface area contributed by atoms with Crippen LogP contribution in [0.2, 0.25) is 5.02 Å². The fraction of sp³-hybridized carbons (Fsp3) is 0.333. The van der Waals surface area contributed by atoms with Crippen LogP contribution in [-0.2, 0) is 24.2 Å². The van der Waals surface area contributed by atoms with Crippen molar-refractivity contribution in [3.63, 3.8) is 0 Å². The number of nitrogens with zero attached hydrogens (tertiary/aromatic N) is 3. The monoisotopic (exact) mass is 531 g/mol. The number of thioether (sulfide) groups is 1. The van der Waals surface area contributed by atoms with Gasteiger partial charge in [-0.05, 0) is 48.9 Å². The number of hydrogen-bond acceptors (Lipinski definition) is 7. The first kappa shape index (κ1) is 25.3. The Morgan fingerprint density at radius 3 is 2.94 bits per heavy atom. The number of anilines is 1. The van der Waals surface area contributed by atoms with E-state index in [2.05, 4.69) is 29.0 Å². The van der Waals surface area contributed by atoms with Gasteiger partial charge < -0.3 is 15.8 Å². The summed E-state index contributed by atoms with van der Waals surface area (Å²) in [7, 11) is 1.57.